The third-order valence-corrected chi connectivity index (χ3v) is 4.49. The maximum Gasteiger partial charge on any atom is 0.416 e. The largest absolute Gasteiger partial charge is 0.416 e. The standard InChI is InChI=1S/C19H17F5N2O/c20-16-5-4-14(11-17(16)21)18(27)26-8-6-25(7-9-26)12-13-2-1-3-15(10-13)19(22,23)24/h1-5,10-11H,6-9,12H2. The molecule has 2 aromatic carbocycles. The fraction of sp³-hybridized carbons (Fsp3) is 0.316. The normalized spacial score (nSPS) is 15.8. The maximum atomic E-state index is 13.3. The van der Waals surface area contributed by atoms with Gasteiger partial charge in [0.1, 0.15) is 0 Å². The Kier molecular flexibility index (Phi) is 5.46. The number of piperazine rings is 1. The van der Waals surface area contributed by atoms with E-state index in [1.807, 2.05) is 4.90 Å². The van der Waals surface area contributed by atoms with E-state index in [2.05, 4.69) is 0 Å². The van der Waals surface area contributed by atoms with Crippen LogP contribution in [-0.2, 0) is 12.7 Å². The van der Waals surface area contributed by atoms with Gasteiger partial charge in [-0.1, -0.05) is 18.2 Å². The molecule has 1 heterocycles. The van der Waals surface area contributed by atoms with Crippen molar-refractivity contribution in [3.63, 3.8) is 0 Å². The highest BCUT2D eigenvalue weighted by atomic mass is 19.4. The number of hydrogen-bond acceptors (Lipinski definition) is 2. The topological polar surface area (TPSA) is 23.6 Å². The zero-order chi connectivity index (χ0) is 19.6. The molecule has 0 bridgehead atoms. The molecular formula is C19H17F5N2O. The zero-order valence-corrected chi connectivity index (χ0v) is 14.3. The van der Waals surface area contributed by atoms with Crippen molar-refractivity contribution >= 4 is 5.91 Å². The summed E-state index contributed by atoms with van der Waals surface area (Å²) in [7, 11) is 0. The number of alkyl halides is 3. The van der Waals surface area contributed by atoms with Gasteiger partial charge >= 0.3 is 6.18 Å². The van der Waals surface area contributed by atoms with Crippen molar-refractivity contribution in [3.8, 4) is 0 Å². The van der Waals surface area contributed by atoms with Gasteiger partial charge < -0.3 is 4.90 Å². The molecule has 3 rings (SSSR count). The Hall–Kier alpha value is -2.48. The minimum Gasteiger partial charge on any atom is -0.336 e. The van der Waals surface area contributed by atoms with Crippen LogP contribution < -0.4 is 0 Å². The van der Waals surface area contributed by atoms with E-state index < -0.39 is 29.3 Å². The summed E-state index contributed by atoms with van der Waals surface area (Å²) in [5.41, 5.74) is -0.0717. The minimum atomic E-state index is -4.38. The third kappa shape index (κ3) is 4.63. The summed E-state index contributed by atoms with van der Waals surface area (Å²) in [5, 5.41) is 0. The second-order valence-electron chi connectivity index (χ2n) is 6.40. The first kappa shape index (κ1) is 19.3. The quantitative estimate of drug-likeness (QED) is 0.749. The van der Waals surface area contributed by atoms with E-state index in [0.717, 1.165) is 24.3 Å². The van der Waals surface area contributed by atoms with Crippen LogP contribution in [0.4, 0.5) is 22.0 Å². The number of carbonyl (C=O) groups excluding carboxylic acids is 1. The van der Waals surface area contributed by atoms with Gasteiger partial charge in [-0.05, 0) is 29.8 Å². The number of rotatable bonds is 3. The molecule has 27 heavy (non-hydrogen) atoms. The van der Waals surface area contributed by atoms with Crippen LogP contribution in [0.25, 0.3) is 0 Å². The van der Waals surface area contributed by atoms with Crippen LogP contribution in [0.5, 0.6) is 0 Å². The van der Waals surface area contributed by atoms with E-state index in [9.17, 15) is 26.7 Å². The van der Waals surface area contributed by atoms with Crippen molar-refractivity contribution in [1.82, 2.24) is 9.80 Å². The smallest absolute Gasteiger partial charge is 0.336 e. The molecule has 1 aliphatic heterocycles. The van der Waals surface area contributed by atoms with Crippen LogP contribution in [0, 0.1) is 11.6 Å². The summed E-state index contributed by atoms with van der Waals surface area (Å²) in [4.78, 5) is 15.8. The molecule has 1 amide bonds. The third-order valence-electron chi connectivity index (χ3n) is 4.49. The Balaban J connectivity index is 1.59. The van der Waals surface area contributed by atoms with Crippen LogP contribution in [0.15, 0.2) is 42.5 Å². The van der Waals surface area contributed by atoms with Gasteiger partial charge in [-0.25, -0.2) is 8.78 Å². The molecule has 1 aliphatic rings. The molecule has 0 atom stereocenters. The lowest BCUT2D eigenvalue weighted by atomic mass is 10.1. The van der Waals surface area contributed by atoms with Crippen LogP contribution in [0.1, 0.15) is 21.5 Å². The van der Waals surface area contributed by atoms with Crippen molar-refractivity contribution in [2.45, 2.75) is 12.7 Å². The lowest BCUT2D eigenvalue weighted by Gasteiger charge is -2.35. The number of amides is 1. The predicted molar refractivity (Wildman–Crippen MR) is 89.0 cm³/mol. The number of nitrogens with zero attached hydrogens (tertiary/aromatic N) is 2. The van der Waals surface area contributed by atoms with Gasteiger partial charge in [0, 0.05) is 38.3 Å². The Morgan fingerprint density at radius 3 is 2.26 bits per heavy atom. The highest BCUT2D eigenvalue weighted by Gasteiger charge is 2.30. The summed E-state index contributed by atoms with van der Waals surface area (Å²) >= 11 is 0. The Bertz CT molecular complexity index is 829. The van der Waals surface area contributed by atoms with Crippen molar-refractivity contribution < 1.29 is 26.7 Å². The molecule has 0 radical (unpaired) electrons. The van der Waals surface area contributed by atoms with E-state index in [-0.39, 0.29) is 5.56 Å². The molecule has 0 aromatic heterocycles. The Morgan fingerprint density at radius 2 is 1.63 bits per heavy atom. The van der Waals surface area contributed by atoms with Crippen LogP contribution in [0.2, 0.25) is 0 Å². The first-order valence-electron chi connectivity index (χ1n) is 8.37. The summed E-state index contributed by atoms with van der Waals surface area (Å²) in [6.07, 6.45) is -4.38. The fourth-order valence-electron chi connectivity index (χ4n) is 3.03. The average Bonchev–Trinajstić information content (AvgIpc) is 2.63. The van der Waals surface area contributed by atoms with Crippen LogP contribution in [0.3, 0.4) is 0 Å². The summed E-state index contributed by atoms with van der Waals surface area (Å²) in [6, 6.07) is 8.17. The molecule has 1 fully saturated rings. The second-order valence-corrected chi connectivity index (χ2v) is 6.40. The highest BCUT2D eigenvalue weighted by Crippen LogP contribution is 2.29. The molecule has 144 valence electrons. The molecule has 0 spiro atoms. The van der Waals surface area contributed by atoms with Gasteiger partial charge in [0.15, 0.2) is 11.6 Å². The average molecular weight is 384 g/mol. The van der Waals surface area contributed by atoms with Crippen LogP contribution in [-0.4, -0.2) is 41.9 Å². The molecule has 3 nitrogen and oxygen atoms in total. The van der Waals surface area contributed by atoms with E-state index in [1.165, 1.54) is 17.0 Å². The van der Waals surface area contributed by atoms with E-state index in [0.29, 0.717) is 38.3 Å². The molecule has 0 unspecified atom stereocenters. The van der Waals surface area contributed by atoms with Crippen molar-refractivity contribution in [3.05, 3.63) is 70.8 Å². The SMILES string of the molecule is O=C(c1ccc(F)c(F)c1)N1CCN(Cc2cccc(C(F)(F)F)c2)CC1. The maximum absolute atomic E-state index is 13.3. The first-order valence-corrected chi connectivity index (χ1v) is 8.37. The lowest BCUT2D eigenvalue weighted by molar-refractivity contribution is -0.137. The fourth-order valence-corrected chi connectivity index (χ4v) is 3.03. The molecule has 2 aromatic rings. The number of benzene rings is 2. The second kappa shape index (κ2) is 7.64. The van der Waals surface area contributed by atoms with E-state index in [4.69, 9.17) is 0 Å². The molecule has 8 heteroatoms. The number of carbonyl (C=O) groups is 1. The minimum absolute atomic E-state index is 0.0697. The summed E-state index contributed by atoms with van der Waals surface area (Å²) in [5.74, 6) is -2.49. The van der Waals surface area contributed by atoms with Gasteiger partial charge in [0.05, 0.1) is 5.56 Å². The van der Waals surface area contributed by atoms with E-state index >= 15 is 0 Å². The van der Waals surface area contributed by atoms with Gasteiger partial charge in [-0.3, -0.25) is 9.69 Å². The molecule has 0 aliphatic carbocycles. The molecular weight excluding hydrogens is 367 g/mol. The van der Waals surface area contributed by atoms with Crippen molar-refractivity contribution in [2.24, 2.45) is 0 Å². The Morgan fingerprint density at radius 1 is 0.926 bits per heavy atom. The first-order chi connectivity index (χ1) is 12.7. The zero-order valence-electron chi connectivity index (χ0n) is 14.3. The number of halogens is 5. The van der Waals surface area contributed by atoms with Gasteiger partial charge in [0.2, 0.25) is 0 Å². The Labute approximate surface area is 153 Å². The van der Waals surface area contributed by atoms with Gasteiger partial charge in [-0.2, -0.15) is 13.2 Å². The molecule has 1 saturated heterocycles. The lowest BCUT2D eigenvalue weighted by Crippen LogP contribution is -2.48. The number of hydrogen-bond donors (Lipinski definition) is 0. The van der Waals surface area contributed by atoms with E-state index in [1.54, 1.807) is 6.07 Å². The highest BCUT2D eigenvalue weighted by molar-refractivity contribution is 5.94. The van der Waals surface area contributed by atoms with Crippen molar-refractivity contribution in [2.75, 3.05) is 26.2 Å². The molecule has 0 N–H and O–H groups in total. The molecule has 0 saturated carbocycles. The van der Waals surface area contributed by atoms with Gasteiger partial charge in [0.25, 0.3) is 5.91 Å². The van der Waals surface area contributed by atoms with Gasteiger partial charge in [-0.15, -0.1) is 0 Å². The summed E-state index contributed by atoms with van der Waals surface area (Å²) < 4.78 is 64.7. The predicted octanol–water partition coefficient (Wildman–Crippen LogP) is 3.94. The monoisotopic (exact) mass is 384 g/mol. The van der Waals surface area contributed by atoms with Crippen molar-refractivity contribution in [1.29, 1.82) is 0 Å². The summed E-state index contributed by atoms with van der Waals surface area (Å²) in [6.45, 7) is 2.02. The van der Waals surface area contributed by atoms with Crippen LogP contribution >= 0.6 is 0 Å².